The fraction of sp³-hybridized carbons (Fsp3) is 0.457. The smallest absolute Gasteiger partial charge is 0.674 e. The molecule has 4 aliphatic rings. The van der Waals surface area contributed by atoms with E-state index in [0.29, 0.717) is 12.8 Å². The summed E-state index contributed by atoms with van der Waals surface area (Å²) in [6.07, 6.45) is 10.2. The average Bonchev–Trinajstić information content (AvgIpc) is 4.03. The standard InChI is InChI=1S/C46H55N6O4.Co/c1-11-29-24(4)43-41(33-17-19-47-27(33)7)44-25(5)31(13-15-39(53)55-9)37(51-44)22-38-32(14-16-40(54)56-10)26(6)45(52-38)42(34-18-20-48-28(34)8)46-30(12-2)23(3)35(49-46)21-36(29)50-43;/h17,19,21-22,28,34,44,48H,11-16,18,20H2,1-10H3,(H-3,47,49,50,51,52);/q-3;+3. The van der Waals surface area contributed by atoms with Gasteiger partial charge in [0.25, 0.3) is 0 Å². The van der Waals surface area contributed by atoms with E-state index in [1.54, 1.807) is 0 Å². The largest absolute Gasteiger partial charge is 3.00 e. The van der Waals surface area contributed by atoms with Crippen LogP contribution >= 0.6 is 0 Å². The summed E-state index contributed by atoms with van der Waals surface area (Å²) in [6, 6.07) is 1.98. The van der Waals surface area contributed by atoms with Crippen LogP contribution in [0.1, 0.15) is 112 Å². The molecular formula is C46H55CoN6O4. The van der Waals surface area contributed by atoms with E-state index < -0.39 is 0 Å². The van der Waals surface area contributed by atoms with E-state index in [0.717, 1.165) is 115 Å². The molecule has 10 nitrogen and oxygen atoms in total. The van der Waals surface area contributed by atoms with Crippen molar-refractivity contribution in [2.24, 2.45) is 10.9 Å². The molecule has 57 heavy (non-hydrogen) atoms. The molecule has 0 saturated carbocycles. The zero-order valence-electron chi connectivity index (χ0n) is 35.0. The molecule has 302 valence electrons. The number of aryl methyl sites for hydroxylation is 1. The molecule has 8 bridgehead atoms. The molecule has 0 amide bonds. The third kappa shape index (κ3) is 7.50. The first-order chi connectivity index (χ1) is 26.9. The monoisotopic (exact) mass is 814 g/mol. The van der Waals surface area contributed by atoms with Gasteiger partial charge in [0.1, 0.15) is 0 Å². The van der Waals surface area contributed by atoms with Crippen LogP contribution in [0.15, 0.2) is 50.9 Å². The fourth-order valence-corrected chi connectivity index (χ4v) is 9.33. The molecule has 0 aliphatic carbocycles. The number of allylic oxidation sites excluding steroid dienone is 3. The number of carbonyl (C=O) groups excluding carboxylic acids is 2. The molecule has 3 aromatic heterocycles. The van der Waals surface area contributed by atoms with Crippen LogP contribution < -0.4 is 26.0 Å². The summed E-state index contributed by atoms with van der Waals surface area (Å²) in [5.41, 5.74) is 17.5. The molecule has 7 heterocycles. The van der Waals surface area contributed by atoms with Gasteiger partial charge in [-0.05, 0) is 109 Å². The number of ether oxygens (including phenoxy) is 2. The Hall–Kier alpha value is -4.58. The van der Waals surface area contributed by atoms with Crippen LogP contribution in [-0.4, -0.2) is 55.5 Å². The van der Waals surface area contributed by atoms with Crippen LogP contribution in [0.4, 0.5) is 0 Å². The van der Waals surface area contributed by atoms with Crippen LogP contribution in [0.25, 0.3) is 28.6 Å². The van der Waals surface area contributed by atoms with Gasteiger partial charge in [-0.25, -0.2) is 4.99 Å². The van der Waals surface area contributed by atoms with Crippen LogP contribution in [0, 0.1) is 26.7 Å². The quantitative estimate of drug-likeness (QED) is 0.224. The summed E-state index contributed by atoms with van der Waals surface area (Å²) in [5.74, 6) is -0.363. The van der Waals surface area contributed by atoms with Crippen molar-refractivity contribution in [3.8, 4) is 0 Å². The van der Waals surface area contributed by atoms with E-state index in [4.69, 9.17) is 29.8 Å². The van der Waals surface area contributed by atoms with Gasteiger partial charge in [-0.1, -0.05) is 71.0 Å². The van der Waals surface area contributed by atoms with Crippen molar-refractivity contribution < 1.29 is 35.8 Å². The minimum atomic E-state index is -0.360. The van der Waals surface area contributed by atoms with E-state index >= 15 is 0 Å². The molecular weight excluding hydrogens is 759 g/mol. The first kappa shape index (κ1) is 42.0. The molecule has 2 N–H and O–H groups in total. The van der Waals surface area contributed by atoms with Crippen molar-refractivity contribution >= 4 is 40.9 Å². The van der Waals surface area contributed by atoms with Gasteiger partial charge < -0.3 is 35.1 Å². The number of aromatic nitrogens is 3. The van der Waals surface area contributed by atoms with Crippen molar-refractivity contribution in [1.82, 2.24) is 20.3 Å². The van der Waals surface area contributed by atoms with E-state index in [2.05, 4.69) is 83.9 Å². The minimum Gasteiger partial charge on any atom is -0.674 e. The number of nitrogens with zero attached hydrogens (tertiary/aromatic N) is 4. The number of H-pyrrole nitrogens is 1. The average molecular weight is 815 g/mol. The summed E-state index contributed by atoms with van der Waals surface area (Å²) in [4.78, 5) is 45.2. The van der Waals surface area contributed by atoms with Gasteiger partial charge in [0.15, 0.2) is 0 Å². The molecule has 0 aromatic carbocycles. The number of carbonyl (C=O) groups is 2. The summed E-state index contributed by atoms with van der Waals surface area (Å²) in [7, 11) is 2.86. The molecule has 0 spiro atoms. The van der Waals surface area contributed by atoms with E-state index in [9.17, 15) is 9.59 Å². The second-order valence-electron chi connectivity index (χ2n) is 15.6. The predicted octanol–water partition coefficient (Wildman–Crippen LogP) is 6.47. The van der Waals surface area contributed by atoms with Crippen molar-refractivity contribution in [1.29, 1.82) is 0 Å². The number of hydrogen-bond acceptors (Lipinski definition) is 6. The molecule has 0 radical (unpaired) electrons. The second-order valence-corrected chi connectivity index (χ2v) is 15.6. The molecule has 1 saturated heterocycles. The molecule has 3 aromatic rings. The van der Waals surface area contributed by atoms with Crippen LogP contribution in [0.5, 0.6) is 0 Å². The first-order valence-electron chi connectivity index (χ1n) is 20.1. The third-order valence-electron chi connectivity index (χ3n) is 12.6. The minimum absolute atomic E-state index is 0. The van der Waals surface area contributed by atoms with Crippen molar-refractivity contribution in [2.75, 3.05) is 20.8 Å². The summed E-state index contributed by atoms with van der Waals surface area (Å²) < 4.78 is 10.2. The number of esters is 2. The maximum Gasteiger partial charge on any atom is 3.00 e. The number of aromatic amines is 1. The SMILES string of the molecule is CCC1=C(C)C2=NC/1=C(/C1CCNC1C)c1[n-]c(c(CCC(=O)OC)c1C)/C=C1\[N-]C(C(C)=C1CCC(=O)OC)/C(c1cc[nH]c1C)=c1\[n-]/c(c(CC)c1C)=C\2.[Co+3]. The van der Waals surface area contributed by atoms with E-state index in [1.165, 1.54) is 30.9 Å². The van der Waals surface area contributed by atoms with Gasteiger partial charge in [-0.3, -0.25) is 9.59 Å². The Bertz CT molecular complexity index is 2400. The maximum atomic E-state index is 12.6. The third-order valence-corrected chi connectivity index (χ3v) is 12.6. The van der Waals surface area contributed by atoms with Gasteiger partial charge in [-0.2, -0.15) is 0 Å². The Morgan fingerprint density at radius 3 is 2.23 bits per heavy atom. The summed E-state index contributed by atoms with van der Waals surface area (Å²) >= 11 is 0. The van der Waals surface area contributed by atoms with Gasteiger partial charge in [0.05, 0.1) is 25.6 Å². The number of methoxy groups -OCH3 is 2. The normalized spacial score (nSPS) is 24.1. The zero-order valence-corrected chi connectivity index (χ0v) is 36.0. The molecule has 11 heteroatoms. The Labute approximate surface area is 346 Å². The Balaban J connectivity index is 0.00000549. The van der Waals surface area contributed by atoms with Crippen molar-refractivity contribution in [3.63, 3.8) is 0 Å². The van der Waals surface area contributed by atoms with E-state index in [-0.39, 0.29) is 59.6 Å². The van der Waals surface area contributed by atoms with Gasteiger partial charge in [0, 0.05) is 36.7 Å². The number of fused-ring (bicyclic) bond motifs is 7. The Kier molecular flexibility index (Phi) is 12.6. The van der Waals surface area contributed by atoms with Crippen LogP contribution in [-0.2, 0) is 48.7 Å². The van der Waals surface area contributed by atoms with Gasteiger partial charge in [-0.15, -0.1) is 27.8 Å². The van der Waals surface area contributed by atoms with Crippen LogP contribution in [0.3, 0.4) is 0 Å². The Morgan fingerprint density at radius 1 is 0.895 bits per heavy atom. The number of hydrogen-bond donors (Lipinski definition) is 2. The van der Waals surface area contributed by atoms with Gasteiger partial charge >= 0.3 is 28.7 Å². The van der Waals surface area contributed by atoms with Crippen molar-refractivity contribution in [3.05, 3.63) is 107 Å². The van der Waals surface area contributed by atoms with Crippen molar-refractivity contribution in [2.45, 2.75) is 112 Å². The van der Waals surface area contributed by atoms with Gasteiger partial charge in [0.2, 0.25) is 0 Å². The molecule has 3 atom stereocenters. The summed E-state index contributed by atoms with van der Waals surface area (Å²) in [6.45, 7) is 18.3. The van der Waals surface area contributed by atoms with Crippen LogP contribution in [0.2, 0.25) is 0 Å². The molecule has 4 aliphatic heterocycles. The topological polar surface area (TPSA) is 135 Å². The van der Waals surface area contributed by atoms with E-state index in [1.807, 2.05) is 6.20 Å². The predicted molar refractivity (Wildman–Crippen MR) is 222 cm³/mol. The summed E-state index contributed by atoms with van der Waals surface area (Å²) in [5, 5.41) is 11.1. The molecule has 7 rings (SSSR count). The zero-order chi connectivity index (χ0) is 40.0. The first-order valence-corrected chi connectivity index (χ1v) is 20.1. The molecule has 3 unspecified atom stereocenters. The second kappa shape index (κ2) is 17.1. The Morgan fingerprint density at radius 2 is 1.61 bits per heavy atom. The number of nitrogens with one attached hydrogen (secondary N) is 2. The number of aliphatic imine (C=N–C) groups is 1. The number of rotatable bonds is 10. The molecule has 1 fully saturated rings. The fourth-order valence-electron chi connectivity index (χ4n) is 9.33. The maximum absolute atomic E-state index is 12.6.